The number of nitrogens with one attached hydrogen (secondary N) is 2. The second-order valence-corrected chi connectivity index (χ2v) is 5.86. The van der Waals surface area contributed by atoms with Gasteiger partial charge in [-0.2, -0.15) is 0 Å². The van der Waals surface area contributed by atoms with Crippen molar-refractivity contribution in [2.75, 3.05) is 32.5 Å². The molecule has 1 atom stereocenters. The van der Waals surface area contributed by atoms with Gasteiger partial charge >= 0.3 is 0 Å². The fourth-order valence-electron chi connectivity index (χ4n) is 2.36. The maximum atomic E-state index is 12.3. The predicted molar refractivity (Wildman–Crippen MR) is 83.7 cm³/mol. The molecule has 0 aromatic heterocycles. The summed E-state index contributed by atoms with van der Waals surface area (Å²) in [4.78, 5) is 25.9. The van der Waals surface area contributed by atoms with E-state index in [2.05, 4.69) is 10.6 Å². The summed E-state index contributed by atoms with van der Waals surface area (Å²) in [6.45, 7) is 1.62. The molecule has 1 aliphatic rings. The van der Waals surface area contributed by atoms with Gasteiger partial charge < -0.3 is 15.5 Å². The third-order valence-corrected chi connectivity index (χ3v) is 3.78. The van der Waals surface area contributed by atoms with E-state index in [1.165, 1.54) is 4.90 Å². The summed E-state index contributed by atoms with van der Waals surface area (Å²) in [5.74, 6) is -0.305. The normalized spacial score (nSPS) is 18.1. The molecule has 1 heterocycles. The fraction of sp³-hybridized carbons (Fsp3) is 0.467. The monoisotopic (exact) mass is 309 g/mol. The summed E-state index contributed by atoms with van der Waals surface area (Å²) in [6, 6.07) is 4.90. The Morgan fingerprint density at radius 2 is 2.14 bits per heavy atom. The molecule has 5 nitrogen and oxygen atoms in total. The number of amides is 2. The third-order valence-electron chi connectivity index (χ3n) is 3.54. The van der Waals surface area contributed by atoms with Gasteiger partial charge in [0, 0.05) is 25.7 Å². The Morgan fingerprint density at radius 1 is 1.38 bits per heavy atom. The van der Waals surface area contributed by atoms with Crippen molar-refractivity contribution in [1.29, 1.82) is 0 Å². The Balaban J connectivity index is 2.19. The van der Waals surface area contributed by atoms with Crippen molar-refractivity contribution in [2.45, 2.75) is 12.8 Å². The van der Waals surface area contributed by atoms with Crippen LogP contribution in [0.5, 0.6) is 0 Å². The Labute approximate surface area is 129 Å². The van der Waals surface area contributed by atoms with Crippen LogP contribution in [0, 0.1) is 5.92 Å². The molecule has 2 rings (SSSR count). The van der Waals surface area contributed by atoms with Crippen LogP contribution in [0.25, 0.3) is 0 Å². The highest BCUT2D eigenvalue weighted by Crippen LogP contribution is 2.23. The Morgan fingerprint density at radius 3 is 2.76 bits per heavy atom. The number of nitrogens with zero attached hydrogens (tertiary/aromatic N) is 1. The molecule has 0 spiro atoms. The molecule has 2 N–H and O–H groups in total. The van der Waals surface area contributed by atoms with Gasteiger partial charge in [-0.25, -0.2) is 0 Å². The Kier molecular flexibility index (Phi) is 5.20. The van der Waals surface area contributed by atoms with Crippen molar-refractivity contribution in [3.8, 4) is 0 Å². The van der Waals surface area contributed by atoms with Crippen LogP contribution in [0.15, 0.2) is 18.2 Å². The van der Waals surface area contributed by atoms with Crippen molar-refractivity contribution in [2.24, 2.45) is 5.92 Å². The average Bonchev–Trinajstić information content (AvgIpc) is 2.47. The highest BCUT2D eigenvalue weighted by atomic mass is 35.5. The summed E-state index contributed by atoms with van der Waals surface area (Å²) in [5, 5.41) is 6.54. The molecule has 1 aromatic carbocycles. The van der Waals surface area contributed by atoms with E-state index in [1.807, 2.05) is 0 Å². The van der Waals surface area contributed by atoms with E-state index in [4.69, 9.17) is 11.6 Å². The number of piperidine rings is 1. The van der Waals surface area contributed by atoms with Crippen LogP contribution in [0.2, 0.25) is 5.02 Å². The smallest absolute Gasteiger partial charge is 0.255 e. The van der Waals surface area contributed by atoms with Crippen molar-refractivity contribution in [3.05, 3.63) is 28.8 Å². The van der Waals surface area contributed by atoms with E-state index in [0.717, 1.165) is 19.4 Å². The summed E-state index contributed by atoms with van der Waals surface area (Å²) in [5.41, 5.74) is 0.915. The largest absolute Gasteiger partial charge is 0.345 e. The second-order valence-electron chi connectivity index (χ2n) is 5.42. The number of hydrogen-bond donors (Lipinski definition) is 2. The SMILES string of the molecule is CN(C)C(=O)c1ccc(Cl)cc1NC(=O)[C@H]1CCCNC1. The lowest BCUT2D eigenvalue weighted by atomic mass is 9.98. The van der Waals surface area contributed by atoms with Crippen LogP contribution in [0.3, 0.4) is 0 Å². The van der Waals surface area contributed by atoms with Crippen LogP contribution in [-0.4, -0.2) is 43.9 Å². The van der Waals surface area contributed by atoms with Gasteiger partial charge in [-0.1, -0.05) is 11.6 Å². The first-order valence-corrected chi connectivity index (χ1v) is 7.39. The molecule has 1 saturated heterocycles. The Hall–Kier alpha value is -1.59. The summed E-state index contributed by atoms with van der Waals surface area (Å²) < 4.78 is 0. The molecule has 6 heteroatoms. The van der Waals surface area contributed by atoms with Crippen molar-refractivity contribution in [3.63, 3.8) is 0 Å². The minimum atomic E-state index is -0.163. The van der Waals surface area contributed by atoms with E-state index in [1.54, 1.807) is 32.3 Å². The highest BCUT2D eigenvalue weighted by Gasteiger charge is 2.23. The molecule has 0 unspecified atom stereocenters. The van der Waals surface area contributed by atoms with Crippen molar-refractivity contribution >= 4 is 29.1 Å². The number of carbonyl (C=O) groups is 2. The van der Waals surface area contributed by atoms with Crippen molar-refractivity contribution in [1.82, 2.24) is 10.2 Å². The number of rotatable bonds is 3. The van der Waals surface area contributed by atoms with E-state index < -0.39 is 0 Å². The van der Waals surface area contributed by atoms with E-state index in [9.17, 15) is 9.59 Å². The number of anilines is 1. The standard InChI is InChI=1S/C15H20ClN3O2/c1-19(2)15(21)12-6-5-11(16)8-13(12)18-14(20)10-4-3-7-17-9-10/h5-6,8,10,17H,3-4,7,9H2,1-2H3,(H,18,20)/t10-/m0/s1. The molecule has 0 radical (unpaired) electrons. The molecular formula is C15H20ClN3O2. The molecule has 114 valence electrons. The van der Waals surface area contributed by atoms with E-state index >= 15 is 0 Å². The number of carbonyl (C=O) groups excluding carboxylic acids is 2. The molecule has 1 aromatic rings. The van der Waals surface area contributed by atoms with E-state index in [-0.39, 0.29) is 17.7 Å². The van der Waals surface area contributed by atoms with Gasteiger partial charge in [-0.15, -0.1) is 0 Å². The molecule has 1 aliphatic heterocycles. The molecule has 0 bridgehead atoms. The minimum Gasteiger partial charge on any atom is -0.345 e. The van der Waals surface area contributed by atoms with Gasteiger partial charge in [-0.05, 0) is 37.6 Å². The maximum Gasteiger partial charge on any atom is 0.255 e. The first-order valence-electron chi connectivity index (χ1n) is 7.02. The van der Waals surface area contributed by atoms with Crippen LogP contribution in [0.4, 0.5) is 5.69 Å². The van der Waals surface area contributed by atoms with Crippen LogP contribution < -0.4 is 10.6 Å². The summed E-state index contributed by atoms with van der Waals surface area (Å²) >= 11 is 5.98. The minimum absolute atomic E-state index is 0.0694. The maximum absolute atomic E-state index is 12.3. The zero-order valence-corrected chi connectivity index (χ0v) is 13.0. The van der Waals surface area contributed by atoms with Gasteiger partial charge in [0.05, 0.1) is 17.2 Å². The third kappa shape index (κ3) is 3.95. The highest BCUT2D eigenvalue weighted by molar-refractivity contribution is 6.31. The summed E-state index contributed by atoms with van der Waals surface area (Å²) in [6.07, 6.45) is 1.84. The number of benzene rings is 1. The van der Waals surface area contributed by atoms with E-state index in [0.29, 0.717) is 22.8 Å². The zero-order chi connectivity index (χ0) is 15.4. The fourth-order valence-corrected chi connectivity index (χ4v) is 2.53. The molecule has 2 amide bonds. The van der Waals surface area contributed by atoms with Gasteiger partial charge in [0.2, 0.25) is 5.91 Å². The van der Waals surface area contributed by atoms with Gasteiger partial charge in [0.15, 0.2) is 0 Å². The van der Waals surface area contributed by atoms with Gasteiger partial charge in [-0.3, -0.25) is 9.59 Å². The zero-order valence-electron chi connectivity index (χ0n) is 12.3. The average molecular weight is 310 g/mol. The lowest BCUT2D eigenvalue weighted by Crippen LogP contribution is -2.37. The predicted octanol–water partition coefficient (Wildman–Crippen LogP) is 1.98. The second kappa shape index (κ2) is 6.91. The van der Waals surface area contributed by atoms with Gasteiger partial charge in [0.1, 0.15) is 0 Å². The number of hydrogen-bond acceptors (Lipinski definition) is 3. The van der Waals surface area contributed by atoms with Gasteiger partial charge in [0.25, 0.3) is 5.91 Å². The molecule has 1 fully saturated rings. The van der Waals surface area contributed by atoms with Crippen LogP contribution in [0.1, 0.15) is 23.2 Å². The number of halogens is 1. The first kappa shape index (κ1) is 15.8. The Bertz CT molecular complexity index is 540. The first-order chi connectivity index (χ1) is 9.99. The van der Waals surface area contributed by atoms with Crippen molar-refractivity contribution < 1.29 is 9.59 Å². The molecule has 0 saturated carbocycles. The molecular weight excluding hydrogens is 290 g/mol. The lowest BCUT2D eigenvalue weighted by Gasteiger charge is -2.23. The topological polar surface area (TPSA) is 61.4 Å². The van der Waals surface area contributed by atoms with Crippen LogP contribution >= 0.6 is 11.6 Å². The molecule has 21 heavy (non-hydrogen) atoms. The quantitative estimate of drug-likeness (QED) is 0.897. The lowest BCUT2D eigenvalue weighted by molar-refractivity contribution is -0.120. The summed E-state index contributed by atoms with van der Waals surface area (Å²) in [7, 11) is 3.35. The molecule has 0 aliphatic carbocycles. The van der Waals surface area contributed by atoms with Crippen LogP contribution in [-0.2, 0) is 4.79 Å².